The summed E-state index contributed by atoms with van der Waals surface area (Å²) in [5.74, 6) is -2.75. The maximum Gasteiger partial charge on any atom is 0.329 e. The number of hydrogen-bond acceptors (Lipinski definition) is 13. The number of fused-ring (bicyclic) bond motifs is 2. The van der Waals surface area contributed by atoms with E-state index < -0.39 is 41.1 Å². The van der Waals surface area contributed by atoms with Gasteiger partial charge in [0.2, 0.25) is 0 Å². The Morgan fingerprint density at radius 1 is 1.12 bits per heavy atom. The Balaban J connectivity index is 1.30. The Kier molecular flexibility index (Phi) is 11.0. The normalized spacial score (nSPS) is 14.4. The Labute approximate surface area is 298 Å². The minimum Gasteiger partial charge on any atom is -0.468 e. The summed E-state index contributed by atoms with van der Waals surface area (Å²) >= 11 is 0. The molecule has 0 radical (unpaired) electrons. The second-order valence-electron chi connectivity index (χ2n) is 13.5. The molecule has 1 aliphatic carbocycles. The molecule has 0 saturated heterocycles. The van der Waals surface area contributed by atoms with Crippen molar-refractivity contribution in [1.29, 1.82) is 0 Å². The summed E-state index contributed by atoms with van der Waals surface area (Å²) < 4.78 is 31.7. The second kappa shape index (κ2) is 15.2. The number of nitrogens with zero attached hydrogens (tertiary/aromatic N) is 7. The third-order valence-corrected chi connectivity index (χ3v) is 8.90. The largest absolute Gasteiger partial charge is 0.468 e. The van der Waals surface area contributed by atoms with Crippen molar-refractivity contribution in [2.45, 2.75) is 78.7 Å². The zero-order valence-electron chi connectivity index (χ0n) is 30.1. The highest BCUT2D eigenvalue weighted by molar-refractivity contribution is 5.97. The molecule has 1 unspecified atom stereocenters. The van der Waals surface area contributed by atoms with Crippen LogP contribution in [0.2, 0.25) is 0 Å². The van der Waals surface area contributed by atoms with E-state index in [0.29, 0.717) is 35.3 Å². The fourth-order valence-corrected chi connectivity index (χ4v) is 5.92. The van der Waals surface area contributed by atoms with Gasteiger partial charge < -0.3 is 24.4 Å². The first kappa shape index (κ1) is 37.5. The van der Waals surface area contributed by atoms with Crippen LogP contribution in [0, 0.1) is 18.2 Å². The third kappa shape index (κ3) is 8.08. The molecule has 52 heavy (non-hydrogen) atoms. The van der Waals surface area contributed by atoms with Crippen molar-refractivity contribution in [2.24, 2.45) is 5.41 Å². The van der Waals surface area contributed by atoms with Gasteiger partial charge in [0.05, 0.1) is 42.1 Å². The van der Waals surface area contributed by atoms with E-state index in [-0.39, 0.29) is 49.1 Å². The quantitative estimate of drug-likeness (QED) is 0.166. The van der Waals surface area contributed by atoms with E-state index in [1.54, 1.807) is 46.9 Å². The zero-order valence-corrected chi connectivity index (χ0v) is 30.1. The number of ether oxygens (including phenoxy) is 3. The Morgan fingerprint density at radius 2 is 1.87 bits per heavy atom. The topological polar surface area (TPSA) is 190 Å². The number of anilines is 1. The number of amides is 1. The number of aromatic nitrogens is 6. The first-order valence-corrected chi connectivity index (χ1v) is 16.6. The van der Waals surface area contributed by atoms with Gasteiger partial charge in [-0.25, -0.2) is 19.0 Å². The Bertz CT molecular complexity index is 2090. The maximum absolute atomic E-state index is 15.5. The minimum absolute atomic E-state index is 0.0166. The minimum atomic E-state index is -1.15. The molecule has 1 N–H and O–H groups in total. The Hall–Kier alpha value is -5.74. The summed E-state index contributed by atoms with van der Waals surface area (Å²) in [5.41, 5.74) is 1.58. The number of nitrogens with one attached hydrogen (secondary N) is 1. The smallest absolute Gasteiger partial charge is 0.329 e. The second-order valence-corrected chi connectivity index (χ2v) is 13.5. The van der Waals surface area contributed by atoms with E-state index in [1.807, 2.05) is 11.0 Å². The van der Waals surface area contributed by atoms with Gasteiger partial charge >= 0.3 is 17.9 Å². The maximum atomic E-state index is 15.5. The molecule has 16 nitrogen and oxygen atoms in total. The van der Waals surface area contributed by atoms with Gasteiger partial charge in [0.15, 0.2) is 19.1 Å². The molecule has 2 aromatic heterocycles. The monoisotopic (exact) mass is 720 g/mol. The van der Waals surface area contributed by atoms with Crippen LogP contribution in [0.3, 0.4) is 0 Å². The van der Waals surface area contributed by atoms with Crippen molar-refractivity contribution in [3.05, 3.63) is 74.8 Å². The average Bonchev–Trinajstić information content (AvgIpc) is 3.73. The summed E-state index contributed by atoms with van der Waals surface area (Å²) in [5, 5.41) is 14.5. The lowest BCUT2D eigenvalue weighted by Crippen LogP contribution is -2.42. The number of tetrazole rings is 1. The average molecular weight is 721 g/mol. The molecule has 4 aromatic rings. The van der Waals surface area contributed by atoms with Gasteiger partial charge in [0, 0.05) is 19.2 Å². The SMILES string of the molecule is COC(=O)Cn1nnc(CC[C@H](NC(=O)c2ccc(N(C)C3CCc4cc5nc(C)n(COC(=O)C(C)(C)C)c(=O)c5cc43)cc2F)C(=O)OC)n1. The highest BCUT2D eigenvalue weighted by Gasteiger charge is 2.30. The molecule has 5 rings (SSSR count). The van der Waals surface area contributed by atoms with Crippen LogP contribution >= 0.6 is 0 Å². The lowest BCUT2D eigenvalue weighted by atomic mass is 9.98. The standard InChI is InChI=1S/C35H41FN8O8/c1-19-37-27-14-20-8-12-28(23(20)16-24(27)32(47)43(19)18-52-34(49)35(2,3)4)42(5)21-9-10-22(25(36)15-21)31(46)38-26(33(48)51-7)11-13-29-39-41-44(40-29)17-30(45)50-6/h9-10,14-16,26,28H,8,11-13,17-18H2,1-7H3,(H,38,46)/t26-,28?/m0/s1. The first-order valence-electron chi connectivity index (χ1n) is 16.6. The number of halogens is 1. The van der Waals surface area contributed by atoms with E-state index in [1.165, 1.54) is 30.9 Å². The number of hydrogen-bond donors (Lipinski definition) is 1. The van der Waals surface area contributed by atoms with Crippen LogP contribution in [0.15, 0.2) is 35.1 Å². The van der Waals surface area contributed by atoms with Gasteiger partial charge in [-0.15, -0.1) is 10.2 Å². The molecular weight excluding hydrogens is 679 g/mol. The van der Waals surface area contributed by atoms with E-state index in [9.17, 15) is 24.0 Å². The molecule has 0 fully saturated rings. The van der Waals surface area contributed by atoms with Gasteiger partial charge in [-0.3, -0.25) is 19.0 Å². The molecule has 2 aromatic carbocycles. The molecule has 0 aliphatic heterocycles. The lowest BCUT2D eigenvalue weighted by Gasteiger charge is -2.28. The highest BCUT2D eigenvalue weighted by Crippen LogP contribution is 2.39. The van der Waals surface area contributed by atoms with E-state index in [4.69, 9.17) is 9.47 Å². The predicted molar refractivity (Wildman–Crippen MR) is 184 cm³/mol. The fraction of sp³-hybridized carbons (Fsp3) is 0.457. The van der Waals surface area contributed by atoms with Crippen LogP contribution in [-0.2, 0) is 54.7 Å². The van der Waals surface area contributed by atoms with Crippen molar-refractivity contribution in [1.82, 2.24) is 35.1 Å². The molecule has 2 heterocycles. The van der Waals surface area contributed by atoms with Crippen LogP contribution in [0.25, 0.3) is 10.9 Å². The molecule has 0 saturated carbocycles. The van der Waals surface area contributed by atoms with Crippen LogP contribution < -0.4 is 15.8 Å². The number of benzene rings is 2. The van der Waals surface area contributed by atoms with Gasteiger partial charge in [-0.2, -0.15) is 4.80 Å². The molecule has 1 amide bonds. The Morgan fingerprint density at radius 3 is 2.54 bits per heavy atom. The molecule has 0 bridgehead atoms. The van der Waals surface area contributed by atoms with E-state index >= 15 is 4.39 Å². The molecule has 276 valence electrons. The number of aryl methyl sites for hydroxylation is 3. The summed E-state index contributed by atoms with van der Waals surface area (Å²) in [4.78, 5) is 70.6. The number of carbonyl (C=O) groups is 4. The van der Waals surface area contributed by atoms with Crippen molar-refractivity contribution >= 4 is 40.4 Å². The fourth-order valence-electron chi connectivity index (χ4n) is 5.92. The van der Waals surface area contributed by atoms with Crippen molar-refractivity contribution in [3.8, 4) is 0 Å². The third-order valence-electron chi connectivity index (χ3n) is 8.90. The van der Waals surface area contributed by atoms with Crippen LogP contribution in [0.1, 0.15) is 72.8 Å². The summed E-state index contributed by atoms with van der Waals surface area (Å²) in [6.45, 7) is 6.37. The van der Waals surface area contributed by atoms with E-state index in [0.717, 1.165) is 15.9 Å². The lowest BCUT2D eigenvalue weighted by molar-refractivity contribution is -0.157. The molecule has 2 atom stereocenters. The highest BCUT2D eigenvalue weighted by atomic mass is 19.1. The predicted octanol–water partition coefficient (Wildman–Crippen LogP) is 2.58. The van der Waals surface area contributed by atoms with Crippen molar-refractivity contribution in [2.75, 3.05) is 26.2 Å². The van der Waals surface area contributed by atoms with Gasteiger partial charge in [0.1, 0.15) is 17.7 Å². The number of carbonyl (C=O) groups excluding carboxylic acids is 4. The molecular formula is C35H41FN8O8. The summed E-state index contributed by atoms with van der Waals surface area (Å²) in [6, 6.07) is 6.52. The molecule has 0 spiro atoms. The van der Waals surface area contributed by atoms with Crippen LogP contribution in [-0.4, -0.2) is 80.9 Å². The molecule has 17 heteroatoms. The van der Waals surface area contributed by atoms with Crippen LogP contribution in [0.4, 0.5) is 10.1 Å². The van der Waals surface area contributed by atoms with Crippen LogP contribution in [0.5, 0.6) is 0 Å². The number of esters is 3. The van der Waals surface area contributed by atoms with Gasteiger partial charge in [-0.1, -0.05) is 0 Å². The molecule has 1 aliphatic rings. The number of methoxy groups -OCH3 is 2. The first-order chi connectivity index (χ1) is 24.6. The zero-order chi connectivity index (χ0) is 37.9. The summed E-state index contributed by atoms with van der Waals surface area (Å²) in [6.07, 6.45) is 1.51. The van der Waals surface area contributed by atoms with Gasteiger partial charge in [-0.05, 0) is 93.6 Å². The van der Waals surface area contributed by atoms with Crippen molar-refractivity contribution < 1.29 is 37.8 Å². The summed E-state index contributed by atoms with van der Waals surface area (Å²) in [7, 11) is 4.20. The van der Waals surface area contributed by atoms with Gasteiger partial charge in [0.25, 0.3) is 11.5 Å². The number of rotatable bonds is 12. The van der Waals surface area contributed by atoms with E-state index in [2.05, 4.69) is 30.4 Å². The van der Waals surface area contributed by atoms with Crippen molar-refractivity contribution in [3.63, 3.8) is 0 Å².